The van der Waals surface area contributed by atoms with Gasteiger partial charge >= 0.3 is 12.5 Å². The number of alkyl halides is 3. The highest BCUT2D eigenvalue weighted by atomic mass is 35.5. The van der Waals surface area contributed by atoms with E-state index in [2.05, 4.69) is 31.5 Å². The second-order valence-electron chi connectivity index (χ2n) is 6.36. The first kappa shape index (κ1) is 22.7. The molecule has 1 fully saturated rings. The van der Waals surface area contributed by atoms with E-state index in [9.17, 15) is 22.8 Å². The van der Waals surface area contributed by atoms with Crippen LogP contribution in [-0.4, -0.2) is 55.7 Å². The topological polar surface area (TPSA) is 126 Å². The molecule has 15 heteroatoms. The molecule has 170 valence electrons. The Morgan fingerprint density at radius 2 is 2.00 bits per heavy atom. The lowest BCUT2D eigenvalue weighted by atomic mass is 10.1. The Balaban J connectivity index is 1.83. The highest BCUT2D eigenvalue weighted by Crippen LogP contribution is 2.38. The van der Waals surface area contributed by atoms with E-state index in [-0.39, 0.29) is 11.5 Å². The molecule has 2 aliphatic heterocycles. The minimum Gasteiger partial charge on any atom is -0.446 e. The third-order valence-corrected chi connectivity index (χ3v) is 4.56. The molecule has 0 saturated carbocycles. The monoisotopic (exact) mass is 466 g/mol. The number of hydrazone groups is 1. The van der Waals surface area contributed by atoms with E-state index in [0.29, 0.717) is 26.1 Å². The molecule has 0 spiro atoms. The van der Waals surface area contributed by atoms with Crippen molar-refractivity contribution >= 4 is 35.2 Å². The summed E-state index contributed by atoms with van der Waals surface area (Å²) in [7, 11) is 1.54. The number of carbonyl (C=O) groups is 2. The van der Waals surface area contributed by atoms with Gasteiger partial charge in [0, 0.05) is 19.9 Å². The Bertz CT molecular complexity index is 878. The van der Waals surface area contributed by atoms with Crippen LogP contribution in [0.1, 0.15) is 23.2 Å². The molecule has 4 N–H and O–H groups in total. The molecular weight excluding hydrogens is 449 g/mol. The first-order valence-electron chi connectivity index (χ1n) is 8.91. The van der Waals surface area contributed by atoms with Crippen LogP contribution in [0, 0.1) is 0 Å². The number of guanidine groups is 1. The molecular formula is C16H18ClF3N6O5. The van der Waals surface area contributed by atoms with E-state index in [1.165, 1.54) is 5.01 Å². The van der Waals surface area contributed by atoms with E-state index in [1.807, 2.05) is 0 Å². The number of amides is 2. The first-order valence-corrected chi connectivity index (χ1v) is 9.29. The summed E-state index contributed by atoms with van der Waals surface area (Å²) in [6.45, 7) is 0.775. The summed E-state index contributed by atoms with van der Waals surface area (Å²) < 4.78 is 52.7. The molecule has 0 atom stereocenters. The maximum Gasteiger partial charge on any atom is 0.573 e. The van der Waals surface area contributed by atoms with Crippen molar-refractivity contribution in [2.45, 2.75) is 25.3 Å². The molecule has 0 radical (unpaired) electrons. The van der Waals surface area contributed by atoms with Crippen molar-refractivity contribution in [2.24, 2.45) is 5.10 Å². The van der Waals surface area contributed by atoms with Gasteiger partial charge in [-0.25, -0.2) is 10.3 Å². The van der Waals surface area contributed by atoms with E-state index in [4.69, 9.17) is 21.1 Å². The maximum atomic E-state index is 12.8. The zero-order valence-corrected chi connectivity index (χ0v) is 16.8. The van der Waals surface area contributed by atoms with E-state index in [0.717, 1.165) is 12.1 Å². The Morgan fingerprint density at radius 3 is 2.61 bits per heavy atom. The van der Waals surface area contributed by atoms with Gasteiger partial charge < -0.3 is 14.2 Å². The molecule has 0 aromatic heterocycles. The summed E-state index contributed by atoms with van der Waals surface area (Å²) >= 11 is 6.16. The molecule has 11 nitrogen and oxygen atoms in total. The van der Waals surface area contributed by atoms with Gasteiger partial charge in [0.05, 0.1) is 23.8 Å². The van der Waals surface area contributed by atoms with Gasteiger partial charge in [0.15, 0.2) is 5.75 Å². The highest BCUT2D eigenvalue weighted by Gasteiger charge is 2.34. The molecule has 2 aliphatic rings. The standard InChI is InChI=1S/C16H18ClF3N6O5/c1-26-14(23-24-25-26)22-13(27)9-2-3-10(31-16(18,19)20)12(11(9)17)21-15(28)30-8-4-6-29-7-5-8/h2-3,8,24-25H,4-7H2,1H3,(H,21,28)(H,22,23,27). The van der Waals surface area contributed by atoms with Crippen LogP contribution in [0.5, 0.6) is 5.75 Å². The molecule has 1 aromatic rings. The molecule has 3 rings (SSSR count). The smallest absolute Gasteiger partial charge is 0.446 e. The van der Waals surface area contributed by atoms with Gasteiger partial charge in [-0.15, -0.1) is 23.8 Å². The number of nitrogens with zero attached hydrogens (tertiary/aromatic N) is 2. The van der Waals surface area contributed by atoms with Crippen molar-refractivity contribution in [3.63, 3.8) is 0 Å². The van der Waals surface area contributed by atoms with Crippen LogP contribution in [0.15, 0.2) is 17.2 Å². The van der Waals surface area contributed by atoms with E-state index in [1.54, 1.807) is 7.05 Å². The fourth-order valence-electron chi connectivity index (χ4n) is 2.70. The van der Waals surface area contributed by atoms with E-state index < -0.39 is 40.9 Å². The number of hydrogen-bond acceptors (Lipinski definition) is 9. The molecule has 31 heavy (non-hydrogen) atoms. The largest absolute Gasteiger partial charge is 0.573 e. The van der Waals surface area contributed by atoms with Crippen LogP contribution in [0.3, 0.4) is 0 Å². The van der Waals surface area contributed by atoms with Gasteiger partial charge in [0.1, 0.15) is 11.8 Å². The van der Waals surface area contributed by atoms with Crippen molar-refractivity contribution in [3.8, 4) is 5.75 Å². The van der Waals surface area contributed by atoms with Crippen LogP contribution in [0.2, 0.25) is 5.02 Å². The second kappa shape index (κ2) is 9.45. The lowest BCUT2D eigenvalue weighted by Crippen LogP contribution is -2.45. The fraction of sp³-hybridized carbons (Fsp3) is 0.438. The molecule has 1 aromatic carbocycles. The Labute approximate surface area is 178 Å². The van der Waals surface area contributed by atoms with Crippen LogP contribution < -0.4 is 26.4 Å². The number of benzene rings is 1. The summed E-state index contributed by atoms with van der Waals surface area (Å²) in [4.78, 5) is 24.8. The van der Waals surface area contributed by atoms with Crippen molar-refractivity contribution < 1.29 is 37.0 Å². The summed E-state index contributed by atoms with van der Waals surface area (Å²) in [5, 5.41) is 9.14. The van der Waals surface area contributed by atoms with E-state index >= 15 is 0 Å². The number of rotatable bonds is 4. The van der Waals surface area contributed by atoms with Crippen molar-refractivity contribution in [2.75, 3.05) is 25.6 Å². The van der Waals surface area contributed by atoms with Crippen molar-refractivity contribution in [1.29, 1.82) is 0 Å². The summed E-state index contributed by atoms with van der Waals surface area (Å²) in [5.74, 6) is -1.53. The number of hydrogen-bond donors (Lipinski definition) is 4. The van der Waals surface area contributed by atoms with Gasteiger partial charge in [-0.2, -0.15) is 0 Å². The van der Waals surface area contributed by atoms with Gasteiger partial charge in [0.25, 0.3) is 5.91 Å². The lowest BCUT2D eigenvalue weighted by Gasteiger charge is -2.23. The normalized spacial score (nSPS) is 16.9. The lowest BCUT2D eigenvalue weighted by molar-refractivity contribution is -0.274. The van der Waals surface area contributed by atoms with Crippen LogP contribution in [-0.2, 0) is 9.47 Å². The molecule has 0 bridgehead atoms. The number of anilines is 1. The average Bonchev–Trinajstić information content (AvgIpc) is 3.09. The molecule has 1 saturated heterocycles. The minimum atomic E-state index is -5.06. The maximum absolute atomic E-state index is 12.8. The zero-order chi connectivity index (χ0) is 22.6. The predicted molar refractivity (Wildman–Crippen MR) is 101 cm³/mol. The number of ether oxygens (including phenoxy) is 3. The van der Waals surface area contributed by atoms with Crippen LogP contribution in [0.4, 0.5) is 23.7 Å². The quantitative estimate of drug-likeness (QED) is 0.530. The number of carbonyl (C=O) groups excluding carboxylic acids is 2. The van der Waals surface area contributed by atoms with Crippen molar-refractivity contribution in [3.05, 3.63) is 22.7 Å². The number of halogens is 4. The molecule has 2 heterocycles. The SMILES string of the molecule is CN1NNN=C1NC(=O)c1ccc(OC(F)(F)F)c(NC(=O)OC2CCOCC2)c1Cl. The minimum absolute atomic E-state index is 0.0742. The van der Waals surface area contributed by atoms with Crippen LogP contribution >= 0.6 is 11.6 Å². The van der Waals surface area contributed by atoms with Gasteiger partial charge in [-0.05, 0) is 12.1 Å². The average molecular weight is 467 g/mol. The number of hydrazine groups is 2. The Kier molecular flexibility index (Phi) is 6.92. The summed E-state index contributed by atoms with van der Waals surface area (Å²) in [5.41, 5.74) is 4.15. The molecule has 0 aliphatic carbocycles. The van der Waals surface area contributed by atoms with Crippen molar-refractivity contribution in [1.82, 2.24) is 21.4 Å². The van der Waals surface area contributed by atoms with Gasteiger partial charge in [-0.3, -0.25) is 20.4 Å². The third-order valence-electron chi connectivity index (χ3n) is 4.17. The fourth-order valence-corrected chi connectivity index (χ4v) is 2.99. The van der Waals surface area contributed by atoms with Crippen LogP contribution in [0.25, 0.3) is 0 Å². The second-order valence-corrected chi connectivity index (χ2v) is 6.74. The van der Waals surface area contributed by atoms with Gasteiger partial charge in [-0.1, -0.05) is 11.6 Å². The predicted octanol–water partition coefficient (Wildman–Crippen LogP) is 1.92. The first-order chi connectivity index (χ1) is 14.6. The third kappa shape index (κ3) is 6.02. The van der Waals surface area contributed by atoms with Gasteiger partial charge in [0.2, 0.25) is 5.96 Å². The molecule has 2 amide bonds. The summed E-state index contributed by atoms with van der Waals surface area (Å²) in [6.07, 6.45) is -5.71. The number of nitrogens with one attached hydrogen (secondary N) is 4. The highest BCUT2D eigenvalue weighted by molar-refractivity contribution is 6.37. The zero-order valence-electron chi connectivity index (χ0n) is 16.0. The molecule has 0 unspecified atom stereocenters. The Morgan fingerprint density at radius 1 is 1.29 bits per heavy atom. The summed E-state index contributed by atoms with van der Waals surface area (Å²) in [6, 6.07) is 1.87. The Hall–Kier alpha value is -2.97.